The first-order valence-corrected chi connectivity index (χ1v) is 7.40. The molecule has 19 heavy (non-hydrogen) atoms. The Morgan fingerprint density at radius 3 is 2.68 bits per heavy atom. The molecular weight excluding hydrogens is 311 g/mol. The van der Waals surface area contributed by atoms with Gasteiger partial charge in [0.05, 0.1) is 11.1 Å². The van der Waals surface area contributed by atoms with Gasteiger partial charge in [0.1, 0.15) is 5.82 Å². The number of ether oxygens (including phenoxy) is 1. The van der Waals surface area contributed by atoms with Crippen molar-refractivity contribution in [1.29, 1.82) is 0 Å². The van der Waals surface area contributed by atoms with Gasteiger partial charge in [-0.05, 0) is 47.1 Å². The molecule has 0 aliphatic heterocycles. The first kappa shape index (κ1) is 16.6. The summed E-state index contributed by atoms with van der Waals surface area (Å²) in [6, 6.07) is 5.15. The number of nitrogens with zero attached hydrogens (tertiary/aromatic N) is 1. The Morgan fingerprint density at radius 1 is 1.42 bits per heavy atom. The average Bonchev–Trinajstić information content (AvgIpc) is 2.41. The van der Waals surface area contributed by atoms with Crippen LogP contribution in [-0.4, -0.2) is 37.7 Å². The number of hydrogen-bond acceptors (Lipinski definition) is 3. The van der Waals surface area contributed by atoms with E-state index in [1.807, 2.05) is 6.92 Å². The molecule has 5 heteroatoms. The van der Waals surface area contributed by atoms with Crippen molar-refractivity contribution in [2.24, 2.45) is 5.73 Å². The highest BCUT2D eigenvalue weighted by Crippen LogP contribution is 2.24. The Morgan fingerprint density at radius 2 is 2.16 bits per heavy atom. The van der Waals surface area contributed by atoms with Gasteiger partial charge in [0.2, 0.25) is 0 Å². The first-order valence-electron chi connectivity index (χ1n) is 6.60. The lowest BCUT2D eigenvalue weighted by Gasteiger charge is -2.30. The third kappa shape index (κ3) is 4.84. The fourth-order valence-electron chi connectivity index (χ4n) is 2.08. The predicted molar refractivity (Wildman–Crippen MR) is 79.6 cm³/mol. The largest absolute Gasteiger partial charge is 0.380 e. The zero-order chi connectivity index (χ0) is 14.3. The van der Waals surface area contributed by atoms with Crippen molar-refractivity contribution < 1.29 is 9.13 Å². The molecule has 0 aromatic heterocycles. The summed E-state index contributed by atoms with van der Waals surface area (Å²) in [6.07, 6.45) is 0. The van der Waals surface area contributed by atoms with E-state index in [1.54, 1.807) is 12.1 Å². The van der Waals surface area contributed by atoms with E-state index in [9.17, 15) is 4.39 Å². The summed E-state index contributed by atoms with van der Waals surface area (Å²) < 4.78 is 19.1. The molecule has 0 aliphatic rings. The summed E-state index contributed by atoms with van der Waals surface area (Å²) in [5.41, 5.74) is 6.90. The van der Waals surface area contributed by atoms with Crippen LogP contribution in [0, 0.1) is 5.82 Å². The number of hydrogen-bond donors (Lipinski definition) is 1. The van der Waals surface area contributed by atoms with Crippen LogP contribution in [0.4, 0.5) is 4.39 Å². The van der Waals surface area contributed by atoms with Crippen LogP contribution in [0.3, 0.4) is 0 Å². The van der Waals surface area contributed by atoms with Crippen LogP contribution in [0.2, 0.25) is 0 Å². The summed E-state index contributed by atoms with van der Waals surface area (Å²) in [5, 5.41) is 0. The second kappa shape index (κ2) is 8.64. The summed E-state index contributed by atoms with van der Waals surface area (Å²) in [5.74, 6) is -0.253. The van der Waals surface area contributed by atoms with E-state index >= 15 is 0 Å². The molecule has 0 fully saturated rings. The average molecular weight is 333 g/mol. The van der Waals surface area contributed by atoms with E-state index in [0.717, 1.165) is 18.7 Å². The third-order valence-corrected chi connectivity index (χ3v) is 3.73. The maximum Gasteiger partial charge on any atom is 0.137 e. The normalized spacial score (nSPS) is 12.9. The van der Waals surface area contributed by atoms with Crippen molar-refractivity contribution >= 4 is 15.9 Å². The van der Waals surface area contributed by atoms with Crippen molar-refractivity contribution in [2.75, 3.05) is 32.8 Å². The van der Waals surface area contributed by atoms with E-state index in [1.165, 1.54) is 6.07 Å². The highest BCUT2D eigenvalue weighted by atomic mass is 79.9. The van der Waals surface area contributed by atoms with Gasteiger partial charge in [-0.2, -0.15) is 0 Å². The van der Waals surface area contributed by atoms with Crippen molar-refractivity contribution in [3.63, 3.8) is 0 Å². The van der Waals surface area contributed by atoms with Gasteiger partial charge in [-0.3, -0.25) is 4.90 Å². The highest BCUT2D eigenvalue weighted by molar-refractivity contribution is 9.10. The van der Waals surface area contributed by atoms with Crippen LogP contribution in [0.5, 0.6) is 0 Å². The maximum atomic E-state index is 13.3. The first-order chi connectivity index (χ1) is 9.13. The molecule has 0 saturated heterocycles. The second-order valence-corrected chi connectivity index (χ2v) is 5.10. The summed E-state index contributed by atoms with van der Waals surface area (Å²) in [7, 11) is 0. The van der Waals surface area contributed by atoms with Gasteiger partial charge in [0.15, 0.2) is 0 Å². The molecule has 0 amide bonds. The second-order valence-electron chi connectivity index (χ2n) is 4.25. The monoisotopic (exact) mass is 332 g/mol. The minimum atomic E-state index is -0.253. The van der Waals surface area contributed by atoms with E-state index in [0.29, 0.717) is 24.2 Å². The lowest BCUT2D eigenvalue weighted by Crippen LogP contribution is -2.36. The number of halogens is 2. The van der Waals surface area contributed by atoms with Gasteiger partial charge in [0, 0.05) is 25.7 Å². The van der Waals surface area contributed by atoms with Crippen LogP contribution >= 0.6 is 15.9 Å². The van der Waals surface area contributed by atoms with Gasteiger partial charge in [0.25, 0.3) is 0 Å². The molecule has 1 rings (SSSR count). The predicted octanol–water partition coefficient (Wildman–Crippen LogP) is 2.95. The van der Waals surface area contributed by atoms with E-state index in [-0.39, 0.29) is 11.9 Å². The fourth-order valence-corrected chi connectivity index (χ4v) is 2.47. The van der Waals surface area contributed by atoms with E-state index in [2.05, 4.69) is 27.8 Å². The van der Waals surface area contributed by atoms with Crippen LogP contribution in [0.25, 0.3) is 0 Å². The Bertz CT molecular complexity index is 390. The molecule has 0 spiro atoms. The molecule has 108 valence electrons. The van der Waals surface area contributed by atoms with Crippen molar-refractivity contribution in [2.45, 2.75) is 19.9 Å². The van der Waals surface area contributed by atoms with Crippen molar-refractivity contribution in [1.82, 2.24) is 4.90 Å². The zero-order valence-corrected chi connectivity index (χ0v) is 13.1. The topological polar surface area (TPSA) is 38.5 Å². The molecule has 0 aliphatic carbocycles. The van der Waals surface area contributed by atoms with Gasteiger partial charge >= 0.3 is 0 Å². The molecule has 0 saturated carbocycles. The third-order valence-electron chi connectivity index (χ3n) is 3.13. The van der Waals surface area contributed by atoms with Gasteiger partial charge < -0.3 is 10.5 Å². The molecule has 3 nitrogen and oxygen atoms in total. The van der Waals surface area contributed by atoms with Gasteiger partial charge in [-0.25, -0.2) is 4.39 Å². The summed E-state index contributed by atoms with van der Waals surface area (Å²) in [6.45, 7) is 7.67. The minimum Gasteiger partial charge on any atom is -0.380 e. The highest BCUT2D eigenvalue weighted by Gasteiger charge is 2.18. The number of nitrogens with two attached hydrogens (primary N) is 1. The molecule has 0 heterocycles. The molecule has 2 N–H and O–H groups in total. The van der Waals surface area contributed by atoms with Crippen LogP contribution in [-0.2, 0) is 4.74 Å². The van der Waals surface area contributed by atoms with Gasteiger partial charge in [-0.15, -0.1) is 0 Å². The van der Waals surface area contributed by atoms with E-state index < -0.39 is 0 Å². The smallest absolute Gasteiger partial charge is 0.137 e. The number of benzene rings is 1. The van der Waals surface area contributed by atoms with Crippen molar-refractivity contribution in [3.8, 4) is 0 Å². The van der Waals surface area contributed by atoms with Crippen LogP contribution < -0.4 is 5.73 Å². The van der Waals surface area contributed by atoms with Crippen molar-refractivity contribution in [3.05, 3.63) is 34.1 Å². The number of likely N-dealkylation sites (N-methyl/N-ethyl adjacent to an activating group) is 1. The molecular formula is C14H22BrFN2O. The molecule has 0 bridgehead atoms. The Kier molecular flexibility index (Phi) is 7.53. The summed E-state index contributed by atoms with van der Waals surface area (Å²) in [4.78, 5) is 2.25. The lowest BCUT2D eigenvalue weighted by molar-refractivity contribution is 0.0980. The molecule has 0 radical (unpaired) electrons. The molecule has 1 aromatic carbocycles. The quantitative estimate of drug-likeness (QED) is 0.744. The molecule has 1 atom stereocenters. The standard InChI is InChI=1S/C14H22BrFN2O/c1-3-18(7-8-19-4-2)14(10-17)11-5-6-13(16)12(15)9-11/h5-6,9,14H,3-4,7-8,10,17H2,1-2H3. The fraction of sp³-hybridized carbons (Fsp3) is 0.571. The Balaban J connectivity index is 2.80. The van der Waals surface area contributed by atoms with E-state index in [4.69, 9.17) is 10.5 Å². The lowest BCUT2D eigenvalue weighted by atomic mass is 10.1. The van der Waals surface area contributed by atoms with Crippen LogP contribution in [0.15, 0.2) is 22.7 Å². The number of rotatable bonds is 8. The molecule has 1 aromatic rings. The Hall–Kier alpha value is -0.490. The zero-order valence-electron chi connectivity index (χ0n) is 11.5. The summed E-state index contributed by atoms with van der Waals surface area (Å²) >= 11 is 3.22. The van der Waals surface area contributed by atoms with Crippen LogP contribution in [0.1, 0.15) is 25.5 Å². The molecule has 1 unspecified atom stereocenters. The minimum absolute atomic E-state index is 0.0855. The maximum absolute atomic E-state index is 13.3. The Labute approximate surface area is 123 Å². The SMILES string of the molecule is CCOCCN(CC)C(CN)c1ccc(F)c(Br)c1. The van der Waals surface area contributed by atoms with Gasteiger partial charge in [-0.1, -0.05) is 13.0 Å².